The smallest absolute Gasteiger partial charge is 0.161 e. The minimum absolute atomic E-state index is 0.291. The molecule has 0 aliphatic carbocycles. The van der Waals surface area contributed by atoms with Gasteiger partial charge in [-0.3, -0.25) is 4.68 Å². The molecule has 1 heterocycles. The Labute approximate surface area is 114 Å². The second kappa shape index (κ2) is 7.69. The van der Waals surface area contributed by atoms with Crippen molar-refractivity contribution in [2.24, 2.45) is 0 Å². The zero-order chi connectivity index (χ0) is 13.5. The molecular formula is C13H25N3OS. The monoisotopic (exact) mass is 271 g/mol. The molecule has 1 aromatic rings. The Hall–Kier alpha value is -0.680. The van der Waals surface area contributed by atoms with Crippen molar-refractivity contribution in [3.8, 4) is 5.75 Å². The minimum atomic E-state index is 0.291. The summed E-state index contributed by atoms with van der Waals surface area (Å²) in [4.78, 5) is 0. The van der Waals surface area contributed by atoms with Gasteiger partial charge in [0, 0.05) is 11.8 Å². The van der Waals surface area contributed by atoms with Crippen LogP contribution in [0.5, 0.6) is 5.75 Å². The number of nitrogens with zero attached hydrogens (tertiary/aromatic N) is 2. The average Bonchev–Trinajstić information content (AvgIpc) is 2.78. The van der Waals surface area contributed by atoms with E-state index in [1.807, 2.05) is 18.0 Å². The van der Waals surface area contributed by atoms with E-state index in [0.29, 0.717) is 12.1 Å². The summed E-state index contributed by atoms with van der Waals surface area (Å²) in [6, 6.07) is 0.636. The van der Waals surface area contributed by atoms with Gasteiger partial charge < -0.3 is 10.1 Å². The Morgan fingerprint density at radius 3 is 2.67 bits per heavy atom. The van der Waals surface area contributed by atoms with Gasteiger partial charge in [-0.2, -0.15) is 16.9 Å². The molecule has 1 unspecified atom stereocenters. The van der Waals surface area contributed by atoms with Crippen molar-refractivity contribution in [2.45, 2.75) is 39.8 Å². The fraction of sp³-hybridized carbons (Fsp3) is 0.769. The Morgan fingerprint density at radius 1 is 1.44 bits per heavy atom. The average molecular weight is 271 g/mol. The largest absolute Gasteiger partial charge is 0.493 e. The van der Waals surface area contributed by atoms with E-state index in [1.165, 1.54) is 0 Å². The molecule has 5 heteroatoms. The van der Waals surface area contributed by atoms with Crippen LogP contribution in [0.3, 0.4) is 0 Å². The first-order valence-corrected chi connectivity index (χ1v) is 7.73. The molecule has 1 N–H and O–H groups in total. The molecule has 1 aromatic heterocycles. The Bertz CT molecular complexity index is 352. The lowest BCUT2D eigenvalue weighted by Crippen LogP contribution is -2.27. The van der Waals surface area contributed by atoms with Crippen molar-refractivity contribution in [3.63, 3.8) is 0 Å². The van der Waals surface area contributed by atoms with Crippen LogP contribution in [-0.2, 0) is 0 Å². The third-order valence-corrected chi connectivity index (χ3v) is 3.75. The molecule has 1 rings (SSSR count). The molecule has 0 spiro atoms. The normalized spacial score (nSPS) is 13.0. The standard InChI is InChI=1S/C13H25N3OS/c1-6-14-11(9-18-7-2)13-12(17-5)8-15-16(13)10(3)4/h8,10-11,14H,6-7,9H2,1-5H3. The van der Waals surface area contributed by atoms with Gasteiger partial charge >= 0.3 is 0 Å². The summed E-state index contributed by atoms with van der Waals surface area (Å²) in [6.07, 6.45) is 1.82. The zero-order valence-electron chi connectivity index (χ0n) is 12.1. The van der Waals surface area contributed by atoms with E-state index in [-0.39, 0.29) is 0 Å². The molecule has 0 radical (unpaired) electrons. The minimum Gasteiger partial charge on any atom is -0.493 e. The second-order valence-corrected chi connectivity index (χ2v) is 5.73. The lowest BCUT2D eigenvalue weighted by atomic mass is 10.2. The number of hydrogen-bond donors (Lipinski definition) is 1. The fourth-order valence-electron chi connectivity index (χ4n) is 1.97. The van der Waals surface area contributed by atoms with Gasteiger partial charge in [0.1, 0.15) is 0 Å². The third kappa shape index (κ3) is 3.65. The van der Waals surface area contributed by atoms with Gasteiger partial charge in [-0.25, -0.2) is 0 Å². The van der Waals surface area contributed by atoms with Crippen molar-refractivity contribution in [1.82, 2.24) is 15.1 Å². The number of nitrogens with one attached hydrogen (secondary N) is 1. The topological polar surface area (TPSA) is 39.1 Å². The van der Waals surface area contributed by atoms with Crippen LogP contribution in [-0.4, -0.2) is 34.9 Å². The van der Waals surface area contributed by atoms with Gasteiger partial charge in [-0.1, -0.05) is 13.8 Å². The highest BCUT2D eigenvalue weighted by atomic mass is 32.2. The van der Waals surface area contributed by atoms with Crippen molar-refractivity contribution in [2.75, 3.05) is 25.2 Å². The van der Waals surface area contributed by atoms with Crippen LogP contribution < -0.4 is 10.1 Å². The maximum Gasteiger partial charge on any atom is 0.161 e. The van der Waals surface area contributed by atoms with Crippen molar-refractivity contribution in [1.29, 1.82) is 0 Å². The van der Waals surface area contributed by atoms with Crippen LogP contribution in [0.15, 0.2) is 6.20 Å². The lowest BCUT2D eigenvalue weighted by Gasteiger charge is -2.21. The van der Waals surface area contributed by atoms with E-state index in [4.69, 9.17) is 4.74 Å². The van der Waals surface area contributed by atoms with Gasteiger partial charge in [0.25, 0.3) is 0 Å². The molecule has 1 atom stereocenters. The van der Waals surface area contributed by atoms with E-state index >= 15 is 0 Å². The van der Waals surface area contributed by atoms with E-state index in [9.17, 15) is 0 Å². The first kappa shape index (κ1) is 15.4. The van der Waals surface area contributed by atoms with E-state index < -0.39 is 0 Å². The summed E-state index contributed by atoms with van der Waals surface area (Å²) in [5.41, 5.74) is 1.16. The van der Waals surface area contributed by atoms with Crippen LogP contribution >= 0.6 is 11.8 Å². The second-order valence-electron chi connectivity index (χ2n) is 4.41. The van der Waals surface area contributed by atoms with Gasteiger partial charge in [0.15, 0.2) is 5.75 Å². The molecule has 4 nitrogen and oxygen atoms in total. The molecule has 0 aliphatic rings. The Morgan fingerprint density at radius 2 is 2.17 bits per heavy atom. The van der Waals surface area contributed by atoms with Crippen molar-refractivity contribution in [3.05, 3.63) is 11.9 Å². The molecule has 0 fully saturated rings. The molecule has 0 saturated carbocycles. The summed E-state index contributed by atoms with van der Waals surface area (Å²) >= 11 is 1.93. The van der Waals surface area contributed by atoms with Gasteiger partial charge in [-0.05, 0) is 26.1 Å². The summed E-state index contributed by atoms with van der Waals surface area (Å²) < 4.78 is 7.51. The molecule has 0 aliphatic heterocycles. The highest BCUT2D eigenvalue weighted by molar-refractivity contribution is 7.99. The number of thioether (sulfide) groups is 1. The maximum absolute atomic E-state index is 5.45. The maximum atomic E-state index is 5.45. The number of aromatic nitrogens is 2. The number of methoxy groups -OCH3 is 1. The highest BCUT2D eigenvalue weighted by Crippen LogP contribution is 2.29. The van der Waals surface area contributed by atoms with Crippen molar-refractivity contribution >= 4 is 11.8 Å². The molecular weight excluding hydrogens is 246 g/mol. The Balaban J connectivity index is 3.02. The summed E-state index contributed by atoms with van der Waals surface area (Å²) in [6.45, 7) is 9.55. The van der Waals surface area contributed by atoms with E-state index in [1.54, 1.807) is 7.11 Å². The molecule has 0 amide bonds. The summed E-state index contributed by atoms with van der Waals surface area (Å²) in [5, 5.41) is 7.97. The quantitative estimate of drug-likeness (QED) is 0.789. The molecule has 104 valence electrons. The van der Waals surface area contributed by atoms with Gasteiger partial charge in [0.2, 0.25) is 0 Å². The van der Waals surface area contributed by atoms with Gasteiger partial charge in [-0.15, -0.1) is 0 Å². The highest BCUT2D eigenvalue weighted by Gasteiger charge is 2.22. The molecule has 0 saturated heterocycles. The predicted octanol–water partition coefficient (Wildman–Crippen LogP) is 2.88. The number of ether oxygens (including phenoxy) is 1. The van der Waals surface area contributed by atoms with Crippen LogP contribution in [0.25, 0.3) is 0 Å². The lowest BCUT2D eigenvalue weighted by molar-refractivity contribution is 0.391. The van der Waals surface area contributed by atoms with Crippen LogP contribution in [0.2, 0.25) is 0 Å². The fourth-order valence-corrected chi connectivity index (χ4v) is 2.72. The van der Waals surface area contributed by atoms with Crippen molar-refractivity contribution < 1.29 is 4.74 Å². The number of rotatable bonds is 8. The summed E-state index contributed by atoms with van der Waals surface area (Å²) in [7, 11) is 1.71. The molecule has 0 aromatic carbocycles. The van der Waals surface area contributed by atoms with Gasteiger partial charge in [0.05, 0.1) is 25.0 Å². The molecule has 0 bridgehead atoms. The summed E-state index contributed by atoms with van der Waals surface area (Å²) in [5.74, 6) is 3.05. The van der Waals surface area contributed by atoms with Crippen LogP contribution in [0, 0.1) is 0 Å². The third-order valence-electron chi connectivity index (χ3n) is 2.78. The van der Waals surface area contributed by atoms with E-state index in [0.717, 1.165) is 29.5 Å². The predicted molar refractivity (Wildman–Crippen MR) is 78.6 cm³/mol. The first-order valence-electron chi connectivity index (χ1n) is 6.58. The number of hydrogen-bond acceptors (Lipinski definition) is 4. The zero-order valence-corrected chi connectivity index (χ0v) is 12.9. The van der Waals surface area contributed by atoms with Crippen LogP contribution in [0.1, 0.15) is 45.5 Å². The first-order chi connectivity index (χ1) is 8.65. The molecule has 18 heavy (non-hydrogen) atoms. The van der Waals surface area contributed by atoms with Crippen LogP contribution in [0.4, 0.5) is 0 Å². The van der Waals surface area contributed by atoms with E-state index in [2.05, 4.69) is 42.8 Å². The Kier molecular flexibility index (Phi) is 6.57. The SMILES string of the molecule is CCNC(CSCC)c1c(OC)cnn1C(C)C.